The van der Waals surface area contributed by atoms with E-state index in [-0.39, 0.29) is 11.1 Å². The molecule has 2 aromatic heterocycles. The van der Waals surface area contributed by atoms with E-state index in [2.05, 4.69) is 46.6 Å². The standard InChI is InChI=1S/C14H16N6OS2/c1-14(2,3)15-12-17-18-13(23-12)22-8-20-11(21)9-6-4-5-7-10(9)16-19-20/h4-7H,8H2,1-3H3,(H,15,17). The minimum atomic E-state index is -0.152. The number of nitrogens with one attached hydrogen (secondary N) is 1. The maximum atomic E-state index is 12.3. The Labute approximate surface area is 141 Å². The van der Waals surface area contributed by atoms with Crippen molar-refractivity contribution in [2.24, 2.45) is 0 Å². The lowest BCUT2D eigenvalue weighted by Gasteiger charge is -2.18. The van der Waals surface area contributed by atoms with Crippen LogP contribution in [0.1, 0.15) is 20.8 Å². The molecule has 0 radical (unpaired) electrons. The highest BCUT2D eigenvalue weighted by Gasteiger charge is 2.13. The largest absolute Gasteiger partial charge is 0.355 e. The van der Waals surface area contributed by atoms with Gasteiger partial charge in [0.2, 0.25) is 5.13 Å². The van der Waals surface area contributed by atoms with Crippen molar-refractivity contribution >= 4 is 39.1 Å². The highest BCUT2D eigenvalue weighted by molar-refractivity contribution is 8.00. The summed E-state index contributed by atoms with van der Waals surface area (Å²) in [5.41, 5.74) is 0.384. The molecule has 3 rings (SSSR count). The highest BCUT2D eigenvalue weighted by atomic mass is 32.2. The fourth-order valence-electron chi connectivity index (χ4n) is 1.86. The Hall–Kier alpha value is -2.00. The van der Waals surface area contributed by atoms with E-state index in [1.165, 1.54) is 27.8 Å². The molecular formula is C14H16N6OS2. The predicted octanol–water partition coefficient (Wildman–Crippen LogP) is 2.60. The van der Waals surface area contributed by atoms with Gasteiger partial charge in [-0.3, -0.25) is 4.79 Å². The lowest BCUT2D eigenvalue weighted by Crippen LogP contribution is -2.25. The van der Waals surface area contributed by atoms with Gasteiger partial charge in [-0.05, 0) is 32.9 Å². The number of anilines is 1. The van der Waals surface area contributed by atoms with Crippen molar-refractivity contribution in [3.05, 3.63) is 34.6 Å². The van der Waals surface area contributed by atoms with Gasteiger partial charge in [0.05, 0.1) is 11.3 Å². The SMILES string of the molecule is CC(C)(C)Nc1nnc(SCn2nnc3ccccc3c2=O)s1. The first kappa shape index (κ1) is 15.9. The van der Waals surface area contributed by atoms with Gasteiger partial charge in [0.1, 0.15) is 5.52 Å². The van der Waals surface area contributed by atoms with Gasteiger partial charge in [0.25, 0.3) is 5.56 Å². The molecule has 0 aliphatic carbocycles. The zero-order chi connectivity index (χ0) is 16.4. The molecule has 0 aliphatic rings. The van der Waals surface area contributed by atoms with Crippen LogP contribution < -0.4 is 10.9 Å². The Morgan fingerprint density at radius 3 is 2.78 bits per heavy atom. The summed E-state index contributed by atoms with van der Waals surface area (Å²) >= 11 is 2.86. The number of fused-ring (bicyclic) bond motifs is 1. The van der Waals surface area contributed by atoms with Crippen molar-refractivity contribution in [2.75, 3.05) is 5.32 Å². The Kier molecular flexibility index (Phi) is 4.31. The quantitative estimate of drug-likeness (QED) is 0.725. The molecule has 9 heteroatoms. The van der Waals surface area contributed by atoms with Crippen LogP contribution in [-0.4, -0.2) is 30.7 Å². The highest BCUT2D eigenvalue weighted by Crippen LogP contribution is 2.27. The summed E-state index contributed by atoms with van der Waals surface area (Å²) in [4.78, 5) is 12.3. The minimum Gasteiger partial charge on any atom is -0.355 e. The predicted molar refractivity (Wildman–Crippen MR) is 92.9 cm³/mol. The van der Waals surface area contributed by atoms with Crippen LogP contribution in [0.4, 0.5) is 5.13 Å². The van der Waals surface area contributed by atoms with Gasteiger partial charge in [-0.1, -0.05) is 40.4 Å². The fraction of sp³-hybridized carbons (Fsp3) is 0.357. The fourth-order valence-corrected chi connectivity index (χ4v) is 3.68. The molecular weight excluding hydrogens is 332 g/mol. The van der Waals surface area contributed by atoms with Gasteiger partial charge in [-0.25, -0.2) is 0 Å². The smallest absolute Gasteiger partial charge is 0.278 e. The molecule has 1 N–H and O–H groups in total. The molecule has 0 unspecified atom stereocenters. The zero-order valence-corrected chi connectivity index (χ0v) is 14.6. The number of nitrogens with zero attached hydrogens (tertiary/aromatic N) is 5. The third-order valence-electron chi connectivity index (χ3n) is 2.83. The summed E-state index contributed by atoms with van der Waals surface area (Å²) in [6.07, 6.45) is 0. The molecule has 0 aliphatic heterocycles. The third-order valence-corrected chi connectivity index (χ3v) is 4.77. The topological polar surface area (TPSA) is 85.6 Å². The van der Waals surface area contributed by atoms with Gasteiger partial charge in [-0.2, -0.15) is 4.68 Å². The second-order valence-corrected chi connectivity index (χ2v) is 8.10. The summed E-state index contributed by atoms with van der Waals surface area (Å²) in [6, 6.07) is 7.18. The second-order valence-electron chi connectivity index (χ2n) is 5.93. The molecule has 3 aromatic rings. The average Bonchev–Trinajstić information content (AvgIpc) is 2.92. The number of benzene rings is 1. The maximum Gasteiger partial charge on any atom is 0.278 e. The van der Waals surface area contributed by atoms with E-state index in [9.17, 15) is 4.79 Å². The van der Waals surface area contributed by atoms with Crippen LogP contribution in [-0.2, 0) is 5.88 Å². The van der Waals surface area contributed by atoms with E-state index in [1.54, 1.807) is 12.1 Å². The van der Waals surface area contributed by atoms with E-state index in [0.29, 0.717) is 16.8 Å². The van der Waals surface area contributed by atoms with Gasteiger partial charge >= 0.3 is 0 Å². The molecule has 0 saturated heterocycles. The van der Waals surface area contributed by atoms with Crippen LogP contribution in [0.3, 0.4) is 0 Å². The van der Waals surface area contributed by atoms with Crippen molar-refractivity contribution in [3.8, 4) is 0 Å². The molecule has 0 atom stereocenters. The Balaban J connectivity index is 1.74. The normalized spacial score (nSPS) is 11.8. The van der Waals surface area contributed by atoms with Gasteiger partial charge < -0.3 is 5.32 Å². The van der Waals surface area contributed by atoms with Crippen molar-refractivity contribution in [2.45, 2.75) is 36.5 Å². The maximum absolute atomic E-state index is 12.3. The molecule has 0 spiro atoms. The van der Waals surface area contributed by atoms with Crippen molar-refractivity contribution in [1.29, 1.82) is 0 Å². The van der Waals surface area contributed by atoms with Crippen molar-refractivity contribution < 1.29 is 0 Å². The number of hydrogen-bond acceptors (Lipinski definition) is 8. The number of rotatable bonds is 4. The first-order valence-electron chi connectivity index (χ1n) is 6.99. The summed E-state index contributed by atoms with van der Waals surface area (Å²) < 4.78 is 2.12. The average molecular weight is 348 g/mol. The lowest BCUT2D eigenvalue weighted by atomic mass is 10.1. The van der Waals surface area contributed by atoms with Gasteiger partial charge in [0, 0.05) is 5.54 Å². The van der Waals surface area contributed by atoms with Crippen LogP contribution in [0.25, 0.3) is 10.9 Å². The third kappa shape index (κ3) is 3.85. The monoisotopic (exact) mass is 348 g/mol. The molecule has 2 heterocycles. The van der Waals surface area contributed by atoms with Crippen LogP contribution in [0, 0.1) is 0 Å². The van der Waals surface area contributed by atoms with Gasteiger partial charge in [-0.15, -0.1) is 15.3 Å². The first-order valence-corrected chi connectivity index (χ1v) is 8.80. The Morgan fingerprint density at radius 2 is 2.00 bits per heavy atom. The summed E-state index contributed by atoms with van der Waals surface area (Å²) in [6.45, 7) is 6.18. The van der Waals surface area contributed by atoms with Crippen LogP contribution in [0.5, 0.6) is 0 Å². The molecule has 0 bridgehead atoms. The number of hydrogen-bond donors (Lipinski definition) is 1. The van der Waals surface area contributed by atoms with Crippen LogP contribution >= 0.6 is 23.1 Å². The molecule has 120 valence electrons. The molecule has 23 heavy (non-hydrogen) atoms. The number of thioether (sulfide) groups is 1. The molecule has 7 nitrogen and oxygen atoms in total. The first-order chi connectivity index (χ1) is 10.9. The zero-order valence-electron chi connectivity index (χ0n) is 13.0. The molecule has 0 fully saturated rings. The molecule has 0 amide bonds. The van der Waals surface area contributed by atoms with E-state index in [1.807, 2.05) is 12.1 Å². The van der Waals surface area contributed by atoms with E-state index in [0.717, 1.165) is 9.47 Å². The Morgan fingerprint density at radius 1 is 1.22 bits per heavy atom. The van der Waals surface area contributed by atoms with Crippen molar-refractivity contribution in [3.63, 3.8) is 0 Å². The van der Waals surface area contributed by atoms with E-state index >= 15 is 0 Å². The summed E-state index contributed by atoms with van der Waals surface area (Å²) in [5, 5.41) is 20.8. The second kappa shape index (κ2) is 6.25. The van der Waals surface area contributed by atoms with Crippen molar-refractivity contribution in [1.82, 2.24) is 25.2 Å². The van der Waals surface area contributed by atoms with E-state index < -0.39 is 0 Å². The minimum absolute atomic E-state index is 0.0672. The van der Waals surface area contributed by atoms with Crippen LogP contribution in [0.15, 0.2) is 33.4 Å². The summed E-state index contributed by atoms with van der Waals surface area (Å²) in [7, 11) is 0. The summed E-state index contributed by atoms with van der Waals surface area (Å²) in [5.74, 6) is 0.348. The molecule has 0 saturated carbocycles. The van der Waals surface area contributed by atoms with E-state index in [4.69, 9.17) is 0 Å². The molecule has 1 aromatic carbocycles. The Bertz CT molecular complexity index is 883. The lowest BCUT2D eigenvalue weighted by molar-refractivity contribution is 0.631. The number of aromatic nitrogens is 5. The van der Waals surface area contributed by atoms with Gasteiger partial charge in [0.15, 0.2) is 4.34 Å². The van der Waals surface area contributed by atoms with Crippen LogP contribution in [0.2, 0.25) is 0 Å².